The molecular weight excluding hydrogens is 382 g/mol. The molecule has 0 amide bonds. The van der Waals surface area contributed by atoms with Gasteiger partial charge in [0.1, 0.15) is 13.2 Å². The second kappa shape index (κ2) is 8.96. The van der Waals surface area contributed by atoms with E-state index in [-0.39, 0.29) is 29.9 Å². The molecule has 2 aromatic carbocycles. The molecule has 1 heterocycles. The molecule has 0 bridgehead atoms. The van der Waals surface area contributed by atoms with Crippen LogP contribution in [0.15, 0.2) is 42.5 Å². The molecule has 150 valence electrons. The summed E-state index contributed by atoms with van der Waals surface area (Å²) >= 11 is 0. The minimum absolute atomic E-state index is 0.0688. The lowest BCUT2D eigenvalue weighted by molar-refractivity contribution is -0.384. The van der Waals surface area contributed by atoms with Gasteiger partial charge in [0.25, 0.3) is 5.69 Å². The minimum atomic E-state index is -0.713. The lowest BCUT2D eigenvalue weighted by Crippen LogP contribution is -2.16. The van der Waals surface area contributed by atoms with Gasteiger partial charge in [0.05, 0.1) is 11.3 Å². The van der Waals surface area contributed by atoms with E-state index in [1.54, 1.807) is 18.2 Å². The van der Waals surface area contributed by atoms with Gasteiger partial charge in [-0.2, -0.15) is 0 Å². The third kappa shape index (κ3) is 5.16. The van der Waals surface area contributed by atoms with Gasteiger partial charge in [-0.05, 0) is 18.2 Å². The molecule has 0 radical (unpaired) electrons. The van der Waals surface area contributed by atoms with Gasteiger partial charge in [-0.1, -0.05) is 12.1 Å². The number of ketones is 2. The Labute approximate surface area is 165 Å². The van der Waals surface area contributed by atoms with Crippen molar-refractivity contribution >= 4 is 23.2 Å². The van der Waals surface area contributed by atoms with Crippen LogP contribution in [0.3, 0.4) is 0 Å². The maximum absolute atomic E-state index is 12.3. The smallest absolute Gasteiger partial charge is 0.306 e. The molecule has 0 aliphatic carbocycles. The van der Waals surface area contributed by atoms with Gasteiger partial charge in [0, 0.05) is 29.7 Å². The quantitative estimate of drug-likeness (QED) is 0.287. The van der Waals surface area contributed by atoms with Gasteiger partial charge in [0.2, 0.25) is 5.78 Å². The predicted octanol–water partition coefficient (Wildman–Crippen LogP) is 2.76. The Bertz CT molecular complexity index is 969. The Morgan fingerprint density at radius 2 is 1.66 bits per heavy atom. The number of hydrogen-bond acceptors (Lipinski definition) is 8. The standard InChI is InChI=1S/C20H17NO8/c22-16(14-4-6-18-19(11-14)28-9-8-27-18)5-7-20(24)29-12-17(23)13-2-1-3-15(10-13)21(25)26/h1-4,6,10-11H,5,7-9,12H2. The average molecular weight is 399 g/mol. The number of hydrogen-bond donors (Lipinski definition) is 0. The highest BCUT2D eigenvalue weighted by atomic mass is 16.6. The van der Waals surface area contributed by atoms with Crippen molar-refractivity contribution in [2.45, 2.75) is 12.8 Å². The summed E-state index contributed by atoms with van der Waals surface area (Å²) in [5.41, 5.74) is 0.223. The van der Waals surface area contributed by atoms with Crippen LogP contribution < -0.4 is 9.47 Å². The largest absolute Gasteiger partial charge is 0.486 e. The Hall–Kier alpha value is -3.75. The maximum Gasteiger partial charge on any atom is 0.306 e. The zero-order chi connectivity index (χ0) is 20.8. The molecule has 0 aromatic heterocycles. The molecule has 1 aliphatic rings. The maximum atomic E-state index is 12.3. The summed E-state index contributed by atoms with van der Waals surface area (Å²) in [7, 11) is 0. The van der Waals surface area contributed by atoms with Gasteiger partial charge >= 0.3 is 5.97 Å². The summed E-state index contributed by atoms with van der Waals surface area (Å²) < 4.78 is 15.7. The first-order valence-electron chi connectivity index (χ1n) is 8.80. The van der Waals surface area contributed by atoms with Crippen LogP contribution in [0, 0.1) is 10.1 Å². The third-order valence-electron chi connectivity index (χ3n) is 4.16. The van der Waals surface area contributed by atoms with Crippen molar-refractivity contribution in [3.05, 3.63) is 63.7 Å². The zero-order valence-corrected chi connectivity index (χ0v) is 15.3. The van der Waals surface area contributed by atoms with Crippen LogP contribution >= 0.6 is 0 Å². The first-order valence-corrected chi connectivity index (χ1v) is 8.80. The molecule has 3 rings (SSSR count). The van der Waals surface area contributed by atoms with Crippen molar-refractivity contribution in [3.63, 3.8) is 0 Å². The fourth-order valence-electron chi connectivity index (χ4n) is 2.67. The number of esters is 1. The fourth-order valence-corrected chi connectivity index (χ4v) is 2.67. The lowest BCUT2D eigenvalue weighted by atomic mass is 10.1. The predicted molar refractivity (Wildman–Crippen MR) is 99.4 cm³/mol. The molecule has 2 aromatic rings. The van der Waals surface area contributed by atoms with Crippen LogP contribution in [0.25, 0.3) is 0 Å². The summed E-state index contributed by atoms with van der Waals surface area (Å²) in [6.45, 7) is 0.287. The van der Waals surface area contributed by atoms with E-state index >= 15 is 0 Å². The lowest BCUT2D eigenvalue weighted by Gasteiger charge is -2.18. The topological polar surface area (TPSA) is 122 Å². The van der Waals surface area contributed by atoms with E-state index in [9.17, 15) is 24.5 Å². The first kappa shape index (κ1) is 20.0. The number of Topliss-reactive ketones (excluding diaryl/α,β-unsaturated/α-hetero) is 2. The molecule has 0 saturated carbocycles. The number of carbonyl (C=O) groups is 3. The highest BCUT2D eigenvalue weighted by Gasteiger charge is 2.17. The molecule has 0 spiro atoms. The summed E-state index contributed by atoms with van der Waals surface area (Å²) in [5, 5.41) is 10.7. The third-order valence-corrected chi connectivity index (χ3v) is 4.16. The van der Waals surface area contributed by atoms with Gasteiger partial charge in [0.15, 0.2) is 23.9 Å². The number of carbonyl (C=O) groups excluding carboxylic acids is 3. The van der Waals surface area contributed by atoms with E-state index in [0.717, 1.165) is 6.07 Å². The number of ether oxygens (including phenoxy) is 3. The van der Waals surface area contributed by atoms with Crippen molar-refractivity contribution in [1.29, 1.82) is 0 Å². The summed E-state index contributed by atoms with van der Waals surface area (Å²) in [5.74, 6) is -0.516. The highest BCUT2D eigenvalue weighted by molar-refractivity contribution is 5.99. The van der Waals surface area contributed by atoms with Gasteiger partial charge in [-0.3, -0.25) is 24.5 Å². The number of nitro groups is 1. The van der Waals surface area contributed by atoms with E-state index in [2.05, 4.69) is 0 Å². The van der Waals surface area contributed by atoms with E-state index in [4.69, 9.17) is 14.2 Å². The molecule has 9 heteroatoms. The Morgan fingerprint density at radius 1 is 0.931 bits per heavy atom. The number of non-ortho nitro benzene ring substituents is 1. The summed E-state index contributed by atoms with van der Waals surface area (Å²) in [4.78, 5) is 46.3. The summed E-state index contributed by atoms with van der Waals surface area (Å²) in [6.07, 6.45) is -0.293. The van der Waals surface area contributed by atoms with Crippen LogP contribution in [0.2, 0.25) is 0 Å². The second-order valence-corrected chi connectivity index (χ2v) is 6.17. The normalized spacial score (nSPS) is 12.1. The monoisotopic (exact) mass is 399 g/mol. The zero-order valence-electron chi connectivity index (χ0n) is 15.3. The number of nitro benzene ring substituents is 1. The molecular formula is C20H17NO8. The average Bonchev–Trinajstić information content (AvgIpc) is 2.75. The molecule has 0 atom stereocenters. The molecule has 0 N–H and O–H groups in total. The Kier molecular flexibility index (Phi) is 6.18. The Morgan fingerprint density at radius 3 is 2.41 bits per heavy atom. The number of nitrogens with zero attached hydrogens (tertiary/aromatic N) is 1. The Balaban J connectivity index is 1.48. The molecule has 0 saturated heterocycles. The van der Waals surface area contributed by atoms with E-state index in [1.165, 1.54) is 18.2 Å². The van der Waals surface area contributed by atoms with Gasteiger partial charge < -0.3 is 14.2 Å². The van der Waals surface area contributed by atoms with Crippen LogP contribution in [-0.4, -0.2) is 42.3 Å². The fraction of sp³-hybridized carbons (Fsp3) is 0.250. The van der Waals surface area contributed by atoms with E-state index in [0.29, 0.717) is 30.3 Å². The van der Waals surface area contributed by atoms with Gasteiger partial charge in [-0.25, -0.2) is 0 Å². The van der Waals surface area contributed by atoms with Crippen molar-refractivity contribution < 1.29 is 33.5 Å². The van der Waals surface area contributed by atoms with E-state index in [1.807, 2.05) is 0 Å². The highest BCUT2D eigenvalue weighted by Crippen LogP contribution is 2.31. The van der Waals surface area contributed by atoms with Crippen molar-refractivity contribution in [1.82, 2.24) is 0 Å². The van der Waals surface area contributed by atoms with Crippen molar-refractivity contribution in [2.75, 3.05) is 19.8 Å². The van der Waals surface area contributed by atoms with Crippen molar-refractivity contribution in [3.8, 4) is 11.5 Å². The first-order chi connectivity index (χ1) is 13.9. The number of benzene rings is 2. The number of rotatable bonds is 8. The molecule has 0 fully saturated rings. The second-order valence-electron chi connectivity index (χ2n) is 6.17. The molecule has 0 unspecified atom stereocenters. The molecule has 29 heavy (non-hydrogen) atoms. The molecule has 9 nitrogen and oxygen atoms in total. The van der Waals surface area contributed by atoms with Gasteiger partial charge in [-0.15, -0.1) is 0 Å². The van der Waals surface area contributed by atoms with Crippen molar-refractivity contribution in [2.24, 2.45) is 0 Å². The van der Waals surface area contributed by atoms with Crippen LogP contribution in [0.5, 0.6) is 11.5 Å². The van der Waals surface area contributed by atoms with Crippen LogP contribution in [-0.2, 0) is 9.53 Å². The SMILES string of the molecule is O=C(CCC(=O)c1ccc2c(c1)OCCO2)OCC(=O)c1cccc([N+](=O)[O-])c1. The van der Waals surface area contributed by atoms with Crippen LogP contribution in [0.1, 0.15) is 33.6 Å². The van der Waals surface area contributed by atoms with E-state index < -0.39 is 23.3 Å². The van der Waals surface area contributed by atoms with Crippen LogP contribution in [0.4, 0.5) is 5.69 Å². The minimum Gasteiger partial charge on any atom is -0.486 e. The molecule has 1 aliphatic heterocycles. The number of fused-ring (bicyclic) bond motifs is 1. The summed E-state index contributed by atoms with van der Waals surface area (Å²) in [6, 6.07) is 9.93.